The standard InChI is InChI=1S/C18H24N2O2S/c1-3-22-17(21)14-5-4-6-15(11(14)2)19-18(23)20-16-10-12-7-8-13(16)9-12/h4-6,12-13,16H,3,7-10H2,1-2H3,(H2,19,20,23)/t12-,13-,16+/m1/s1. The number of hydrogen-bond donors (Lipinski definition) is 2. The highest BCUT2D eigenvalue weighted by atomic mass is 32.1. The SMILES string of the molecule is CCOC(=O)c1cccc(NC(=S)N[C@H]2C[C@@H]3CC[C@@H]2C3)c1C. The van der Waals surface area contributed by atoms with Crippen LogP contribution in [0.1, 0.15) is 48.5 Å². The summed E-state index contributed by atoms with van der Waals surface area (Å²) < 4.78 is 5.09. The number of hydrogen-bond acceptors (Lipinski definition) is 3. The predicted molar refractivity (Wildman–Crippen MR) is 95.7 cm³/mol. The van der Waals surface area contributed by atoms with Crippen molar-refractivity contribution >= 4 is 29.0 Å². The minimum absolute atomic E-state index is 0.291. The molecule has 0 heterocycles. The Hall–Kier alpha value is -1.62. The van der Waals surface area contributed by atoms with Crippen molar-refractivity contribution in [2.75, 3.05) is 11.9 Å². The number of ether oxygens (including phenoxy) is 1. The van der Waals surface area contributed by atoms with Crippen LogP contribution in [0.25, 0.3) is 0 Å². The van der Waals surface area contributed by atoms with Gasteiger partial charge in [-0.2, -0.15) is 0 Å². The summed E-state index contributed by atoms with van der Waals surface area (Å²) in [6.45, 7) is 4.10. The molecule has 1 aromatic carbocycles. The number of fused-ring (bicyclic) bond motifs is 2. The van der Waals surface area contributed by atoms with Gasteiger partial charge in [-0.05, 0) is 74.9 Å². The first-order chi connectivity index (χ1) is 11.1. The molecule has 4 nitrogen and oxygen atoms in total. The largest absolute Gasteiger partial charge is 0.462 e. The molecule has 0 aliphatic heterocycles. The molecule has 0 unspecified atom stereocenters. The number of benzene rings is 1. The van der Waals surface area contributed by atoms with Crippen molar-refractivity contribution in [1.82, 2.24) is 5.32 Å². The lowest BCUT2D eigenvalue weighted by molar-refractivity contribution is 0.0525. The molecule has 2 aliphatic rings. The summed E-state index contributed by atoms with van der Waals surface area (Å²) in [7, 11) is 0. The van der Waals surface area contributed by atoms with E-state index in [4.69, 9.17) is 17.0 Å². The van der Waals surface area contributed by atoms with Crippen molar-refractivity contribution in [2.45, 2.75) is 45.6 Å². The van der Waals surface area contributed by atoms with E-state index in [1.807, 2.05) is 26.0 Å². The van der Waals surface area contributed by atoms with Gasteiger partial charge in [0.25, 0.3) is 0 Å². The Kier molecular flexibility index (Phi) is 4.85. The van der Waals surface area contributed by atoms with Crippen LogP contribution in [0.4, 0.5) is 5.69 Å². The minimum Gasteiger partial charge on any atom is -0.462 e. The maximum Gasteiger partial charge on any atom is 0.338 e. The zero-order valence-electron chi connectivity index (χ0n) is 13.7. The fourth-order valence-electron chi connectivity index (χ4n) is 3.95. The van der Waals surface area contributed by atoms with Gasteiger partial charge < -0.3 is 15.4 Å². The van der Waals surface area contributed by atoms with Gasteiger partial charge in [0.2, 0.25) is 0 Å². The van der Waals surface area contributed by atoms with Gasteiger partial charge in [-0.1, -0.05) is 12.5 Å². The summed E-state index contributed by atoms with van der Waals surface area (Å²) in [6, 6.07) is 6.07. The van der Waals surface area contributed by atoms with Crippen LogP contribution >= 0.6 is 12.2 Å². The molecule has 0 aromatic heterocycles. The molecule has 23 heavy (non-hydrogen) atoms. The average Bonchev–Trinajstić information content (AvgIpc) is 3.12. The summed E-state index contributed by atoms with van der Waals surface area (Å²) >= 11 is 5.47. The lowest BCUT2D eigenvalue weighted by Crippen LogP contribution is -2.40. The number of rotatable bonds is 4. The van der Waals surface area contributed by atoms with Gasteiger partial charge in [0, 0.05) is 11.7 Å². The van der Waals surface area contributed by atoms with Crippen LogP contribution in [0.5, 0.6) is 0 Å². The van der Waals surface area contributed by atoms with E-state index in [0.29, 0.717) is 23.3 Å². The number of anilines is 1. The third kappa shape index (κ3) is 3.50. The molecule has 0 spiro atoms. The monoisotopic (exact) mass is 332 g/mol. The first-order valence-electron chi connectivity index (χ1n) is 8.42. The van der Waals surface area contributed by atoms with Crippen molar-refractivity contribution in [1.29, 1.82) is 0 Å². The molecule has 2 N–H and O–H groups in total. The van der Waals surface area contributed by atoms with Crippen LogP contribution in [0.3, 0.4) is 0 Å². The molecule has 0 saturated heterocycles. The highest BCUT2D eigenvalue weighted by molar-refractivity contribution is 7.80. The third-order valence-corrected chi connectivity index (χ3v) is 5.35. The molecule has 3 rings (SSSR count). The summed E-state index contributed by atoms with van der Waals surface area (Å²) in [5, 5.41) is 7.36. The number of nitrogens with one attached hydrogen (secondary N) is 2. The second-order valence-corrected chi connectivity index (χ2v) is 6.99. The highest BCUT2D eigenvalue weighted by Gasteiger charge is 2.39. The fraction of sp³-hybridized carbons (Fsp3) is 0.556. The molecule has 3 atom stereocenters. The van der Waals surface area contributed by atoms with Crippen LogP contribution in [-0.4, -0.2) is 23.7 Å². The van der Waals surface area contributed by atoms with Crippen LogP contribution in [0.15, 0.2) is 18.2 Å². The molecule has 0 radical (unpaired) electrons. The minimum atomic E-state index is -0.291. The van der Waals surface area contributed by atoms with E-state index in [2.05, 4.69) is 10.6 Å². The van der Waals surface area contributed by atoms with Gasteiger partial charge >= 0.3 is 5.97 Å². The van der Waals surface area contributed by atoms with E-state index < -0.39 is 0 Å². The van der Waals surface area contributed by atoms with Gasteiger partial charge in [-0.3, -0.25) is 0 Å². The molecule has 124 valence electrons. The second kappa shape index (κ2) is 6.87. The summed E-state index contributed by atoms with van der Waals surface area (Å²) in [5.41, 5.74) is 2.30. The predicted octanol–water partition coefficient (Wildman–Crippen LogP) is 3.65. The average molecular weight is 332 g/mol. The molecule has 1 aromatic rings. The first kappa shape index (κ1) is 16.2. The number of thiocarbonyl (C=S) groups is 1. The molecular formula is C18H24N2O2S. The highest BCUT2D eigenvalue weighted by Crippen LogP contribution is 2.44. The van der Waals surface area contributed by atoms with E-state index in [1.165, 1.54) is 25.7 Å². The smallest absolute Gasteiger partial charge is 0.338 e. The molecule has 2 aliphatic carbocycles. The topological polar surface area (TPSA) is 50.4 Å². The maximum absolute atomic E-state index is 12.0. The van der Waals surface area contributed by atoms with Crippen LogP contribution in [0, 0.1) is 18.8 Å². The third-order valence-electron chi connectivity index (χ3n) is 5.13. The maximum atomic E-state index is 12.0. The molecule has 5 heteroatoms. The van der Waals surface area contributed by atoms with Crippen molar-refractivity contribution in [3.05, 3.63) is 29.3 Å². The van der Waals surface area contributed by atoms with E-state index in [9.17, 15) is 4.79 Å². The van der Waals surface area contributed by atoms with Crippen LogP contribution in [0.2, 0.25) is 0 Å². The van der Waals surface area contributed by atoms with Gasteiger partial charge in [-0.25, -0.2) is 4.79 Å². The Morgan fingerprint density at radius 3 is 2.83 bits per heavy atom. The van der Waals surface area contributed by atoms with E-state index >= 15 is 0 Å². The lowest BCUT2D eigenvalue weighted by atomic mass is 9.95. The molecular weight excluding hydrogens is 308 g/mol. The van der Waals surface area contributed by atoms with E-state index in [-0.39, 0.29) is 5.97 Å². The Balaban J connectivity index is 1.64. The zero-order chi connectivity index (χ0) is 16.4. The van der Waals surface area contributed by atoms with E-state index in [0.717, 1.165) is 23.1 Å². The second-order valence-electron chi connectivity index (χ2n) is 6.58. The first-order valence-corrected chi connectivity index (χ1v) is 8.83. The van der Waals surface area contributed by atoms with Gasteiger partial charge in [0.05, 0.1) is 12.2 Å². The molecule has 2 bridgehead atoms. The summed E-state index contributed by atoms with van der Waals surface area (Å²) in [6.07, 6.45) is 5.28. The van der Waals surface area contributed by atoms with Crippen molar-refractivity contribution in [3.63, 3.8) is 0 Å². The van der Waals surface area contributed by atoms with Gasteiger partial charge in [0.15, 0.2) is 5.11 Å². The number of carbonyl (C=O) groups excluding carboxylic acids is 1. The normalized spacial score (nSPS) is 25.2. The molecule has 0 amide bonds. The zero-order valence-corrected chi connectivity index (χ0v) is 14.5. The fourth-order valence-corrected chi connectivity index (χ4v) is 4.21. The Morgan fingerprint density at radius 1 is 1.35 bits per heavy atom. The number of carbonyl (C=O) groups is 1. The summed E-state index contributed by atoms with van der Waals surface area (Å²) in [4.78, 5) is 12.0. The Bertz CT molecular complexity index is 617. The molecule has 2 saturated carbocycles. The van der Waals surface area contributed by atoms with Crippen LogP contribution < -0.4 is 10.6 Å². The quantitative estimate of drug-likeness (QED) is 0.651. The number of esters is 1. The summed E-state index contributed by atoms with van der Waals surface area (Å²) in [5.74, 6) is 1.36. The Morgan fingerprint density at radius 2 is 2.17 bits per heavy atom. The van der Waals surface area contributed by atoms with Crippen molar-refractivity contribution in [2.24, 2.45) is 11.8 Å². The van der Waals surface area contributed by atoms with Crippen LogP contribution in [-0.2, 0) is 4.74 Å². The van der Waals surface area contributed by atoms with E-state index in [1.54, 1.807) is 6.07 Å². The van der Waals surface area contributed by atoms with Gasteiger partial charge in [0.1, 0.15) is 0 Å². The lowest BCUT2D eigenvalue weighted by Gasteiger charge is -2.25. The molecule has 2 fully saturated rings. The van der Waals surface area contributed by atoms with Crippen molar-refractivity contribution in [3.8, 4) is 0 Å². The van der Waals surface area contributed by atoms with Gasteiger partial charge in [-0.15, -0.1) is 0 Å². The Labute approximate surface area is 143 Å². The van der Waals surface area contributed by atoms with Crippen molar-refractivity contribution < 1.29 is 9.53 Å².